The second kappa shape index (κ2) is 36.8. The standard InChI is InChI=1S/C43H67NO13/c1-3-4-5-6-7-8-9-10-42(45)56-35-33-54-31-29-52-27-25-50-23-21-48-19-20-49-22-24-51-26-28-53-30-32-55-34-36-57-43(46)39-13-15-40(16-14-39)44-37-38-11-17-41(47-2)18-12-38/h11-18,37H,3-10,19-36H2,1-2H3. The second-order valence-corrected chi connectivity index (χ2v) is 12.7. The SMILES string of the molecule is CCCCCCCCCC(=O)OCCOCCOCCOCCOCCOCCOCCOCCOCCOC(=O)c1ccc(N=Cc2ccc(OC)cc2)cc1. The molecule has 14 nitrogen and oxygen atoms in total. The largest absolute Gasteiger partial charge is 0.497 e. The lowest BCUT2D eigenvalue weighted by atomic mass is 10.1. The molecule has 0 atom stereocenters. The molecule has 2 rings (SSSR count). The van der Waals surface area contributed by atoms with E-state index in [4.69, 9.17) is 52.1 Å². The first-order valence-electron chi connectivity index (χ1n) is 20.3. The molecule has 0 fully saturated rings. The van der Waals surface area contributed by atoms with Crippen LogP contribution >= 0.6 is 0 Å². The minimum Gasteiger partial charge on any atom is -0.497 e. The Morgan fingerprint density at radius 3 is 1.33 bits per heavy atom. The van der Waals surface area contributed by atoms with Crippen LogP contribution in [0.4, 0.5) is 5.69 Å². The number of esters is 2. The van der Waals surface area contributed by atoms with Gasteiger partial charge in [0.2, 0.25) is 0 Å². The topological polar surface area (TPSA) is 148 Å². The van der Waals surface area contributed by atoms with Gasteiger partial charge in [0, 0.05) is 12.6 Å². The molecule has 57 heavy (non-hydrogen) atoms. The molecule has 0 bridgehead atoms. The molecule has 322 valence electrons. The van der Waals surface area contributed by atoms with Gasteiger partial charge in [-0.2, -0.15) is 0 Å². The first-order chi connectivity index (χ1) is 28.1. The van der Waals surface area contributed by atoms with Crippen molar-refractivity contribution in [1.29, 1.82) is 0 Å². The molecule has 0 saturated heterocycles. The summed E-state index contributed by atoms with van der Waals surface area (Å²) in [5, 5.41) is 0. The molecule has 0 amide bonds. The molecular weight excluding hydrogens is 738 g/mol. The summed E-state index contributed by atoms with van der Waals surface area (Å²) in [4.78, 5) is 28.4. The molecule has 0 spiro atoms. The summed E-state index contributed by atoms with van der Waals surface area (Å²) in [6.07, 6.45) is 10.5. The minimum atomic E-state index is -0.418. The van der Waals surface area contributed by atoms with Crippen LogP contribution in [0.25, 0.3) is 0 Å². The molecule has 0 aliphatic carbocycles. The van der Waals surface area contributed by atoms with Crippen molar-refractivity contribution in [2.45, 2.75) is 58.3 Å². The third kappa shape index (κ3) is 29.4. The van der Waals surface area contributed by atoms with E-state index in [1.807, 2.05) is 24.3 Å². The molecule has 14 heteroatoms. The Morgan fingerprint density at radius 1 is 0.491 bits per heavy atom. The summed E-state index contributed by atoms with van der Waals surface area (Å²) in [7, 11) is 1.63. The van der Waals surface area contributed by atoms with Crippen LogP contribution in [-0.4, -0.2) is 144 Å². The predicted molar refractivity (Wildman–Crippen MR) is 217 cm³/mol. The molecule has 0 saturated carbocycles. The van der Waals surface area contributed by atoms with E-state index in [2.05, 4.69) is 11.9 Å². The highest BCUT2D eigenvalue weighted by Crippen LogP contribution is 2.15. The summed E-state index contributed by atoms with van der Waals surface area (Å²) in [6, 6.07) is 14.5. The van der Waals surface area contributed by atoms with E-state index in [0.717, 1.165) is 29.8 Å². The van der Waals surface area contributed by atoms with Gasteiger partial charge in [-0.25, -0.2) is 4.79 Å². The van der Waals surface area contributed by atoms with Crippen molar-refractivity contribution in [2.75, 3.05) is 126 Å². The molecule has 0 radical (unpaired) electrons. The third-order valence-electron chi connectivity index (χ3n) is 8.12. The van der Waals surface area contributed by atoms with Gasteiger partial charge >= 0.3 is 11.9 Å². The summed E-state index contributed by atoms with van der Waals surface area (Å²) in [6.45, 7) is 9.66. The van der Waals surface area contributed by atoms with Gasteiger partial charge < -0.3 is 52.1 Å². The Hall–Kier alpha value is -3.47. The van der Waals surface area contributed by atoms with Crippen molar-refractivity contribution in [3.8, 4) is 5.75 Å². The summed E-state index contributed by atoms with van der Waals surface area (Å²) < 4.78 is 59.5. The van der Waals surface area contributed by atoms with E-state index in [1.54, 1.807) is 37.6 Å². The number of carbonyl (C=O) groups excluding carboxylic acids is 2. The highest BCUT2D eigenvalue weighted by molar-refractivity contribution is 5.90. The van der Waals surface area contributed by atoms with E-state index in [0.29, 0.717) is 111 Å². The van der Waals surface area contributed by atoms with Crippen LogP contribution in [0.3, 0.4) is 0 Å². The highest BCUT2D eigenvalue weighted by atomic mass is 16.6. The van der Waals surface area contributed by atoms with Crippen LogP contribution in [0.5, 0.6) is 5.75 Å². The molecule has 0 aliphatic rings. The normalized spacial score (nSPS) is 11.3. The monoisotopic (exact) mass is 805 g/mol. The van der Waals surface area contributed by atoms with Crippen LogP contribution in [-0.2, 0) is 52.2 Å². The molecule has 0 aromatic heterocycles. The number of carbonyl (C=O) groups is 2. The maximum absolute atomic E-state index is 12.3. The van der Waals surface area contributed by atoms with E-state index in [9.17, 15) is 9.59 Å². The fourth-order valence-corrected chi connectivity index (χ4v) is 4.95. The predicted octanol–water partition coefficient (Wildman–Crippen LogP) is 6.42. The van der Waals surface area contributed by atoms with Crippen molar-refractivity contribution in [1.82, 2.24) is 0 Å². The average Bonchev–Trinajstić information content (AvgIpc) is 3.23. The third-order valence-corrected chi connectivity index (χ3v) is 8.12. The maximum Gasteiger partial charge on any atom is 0.338 e. The fourth-order valence-electron chi connectivity index (χ4n) is 4.95. The summed E-state index contributed by atoms with van der Waals surface area (Å²) >= 11 is 0. The van der Waals surface area contributed by atoms with Crippen LogP contribution < -0.4 is 4.74 Å². The van der Waals surface area contributed by atoms with Crippen molar-refractivity contribution >= 4 is 23.8 Å². The Morgan fingerprint density at radius 2 is 0.895 bits per heavy atom. The highest BCUT2D eigenvalue weighted by Gasteiger charge is 2.07. The Balaban J connectivity index is 1.23. The van der Waals surface area contributed by atoms with Crippen molar-refractivity contribution < 1.29 is 61.7 Å². The summed E-state index contributed by atoms with van der Waals surface area (Å²) in [5.41, 5.74) is 2.12. The zero-order valence-electron chi connectivity index (χ0n) is 34.3. The van der Waals surface area contributed by atoms with Gasteiger partial charge in [0.05, 0.1) is 124 Å². The van der Waals surface area contributed by atoms with Gasteiger partial charge in [0.1, 0.15) is 19.0 Å². The number of unbranched alkanes of at least 4 members (excludes halogenated alkanes) is 6. The van der Waals surface area contributed by atoms with Gasteiger partial charge in [0.15, 0.2) is 0 Å². The zero-order chi connectivity index (χ0) is 40.7. The van der Waals surface area contributed by atoms with Crippen LogP contribution in [0.2, 0.25) is 0 Å². The van der Waals surface area contributed by atoms with Crippen molar-refractivity contribution in [2.24, 2.45) is 4.99 Å². The lowest BCUT2D eigenvalue weighted by Gasteiger charge is -2.09. The van der Waals surface area contributed by atoms with Crippen LogP contribution in [0.15, 0.2) is 53.5 Å². The lowest BCUT2D eigenvalue weighted by molar-refractivity contribution is -0.145. The molecule has 0 aliphatic heterocycles. The number of hydrogen-bond acceptors (Lipinski definition) is 14. The molecule has 0 N–H and O–H groups in total. The van der Waals surface area contributed by atoms with Gasteiger partial charge in [-0.3, -0.25) is 9.79 Å². The Bertz CT molecular complexity index is 1260. The van der Waals surface area contributed by atoms with Gasteiger partial charge in [-0.15, -0.1) is 0 Å². The minimum absolute atomic E-state index is 0.147. The smallest absolute Gasteiger partial charge is 0.338 e. The van der Waals surface area contributed by atoms with E-state index in [1.165, 1.54) is 32.1 Å². The first kappa shape index (κ1) is 49.7. The number of aliphatic imine (C=N–C) groups is 1. The zero-order valence-corrected chi connectivity index (χ0v) is 34.3. The number of rotatable bonds is 39. The van der Waals surface area contributed by atoms with E-state index in [-0.39, 0.29) is 25.8 Å². The number of methoxy groups -OCH3 is 1. The van der Waals surface area contributed by atoms with Crippen LogP contribution in [0, 0.1) is 0 Å². The van der Waals surface area contributed by atoms with Gasteiger partial charge in [0.25, 0.3) is 0 Å². The molecule has 0 unspecified atom stereocenters. The number of nitrogens with zero attached hydrogens (tertiary/aromatic N) is 1. The Kier molecular flexibility index (Phi) is 32.1. The Labute approximate surface area is 339 Å². The summed E-state index contributed by atoms with van der Waals surface area (Å²) in [5.74, 6) is 0.220. The number of hydrogen-bond donors (Lipinski definition) is 0. The molecular formula is C43H67NO13. The fraction of sp³-hybridized carbons (Fsp3) is 0.651. The number of ether oxygens (including phenoxy) is 11. The van der Waals surface area contributed by atoms with Gasteiger partial charge in [-0.05, 0) is 60.5 Å². The van der Waals surface area contributed by atoms with Gasteiger partial charge in [-0.1, -0.05) is 45.4 Å². The molecule has 2 aromatic carbocycles. The maximum atomic E-state index is 12.3. The van der Waals surface area contributed by atoms with Crippen molar-refractivity contribution in [3.63, 3.8) is 0 Å². The van der Waals surface area contributed by atoms with Crippen LogP contribution in [0.1, 0.15) is 74.2 Å². The van der Waals surface area contributed by atoms with Crippen molar-refractivity contribution in [3.05, 3.63) is 59.7 Å². The molecule has 2 aromatic rings. The lowest BCUT2D eigenvalue weighted by Crippen LogP contribution is -2.15. The second-order valence-electron chi connectivity index (χ2n) is 12.7. The van der Waals surface area contributed by atoms with E-state index < -0.39 is 5.97 Å². The molecule has 0 heterocycles. The quantitative estimate of drug-likeness (QED) is 0.0416. The average molecular weight is 806 g/mol. The first-order valence-corrected chi connectivity index (χ1v) is 20.3. The number of benzene rings is 2. The van der Waals surface area contributed by atoms with E-state index >= 15 is 0 Å².